The van der Waals surface area contributed by atoms with Crippen molar-refractivity contribution in [3.8, 4) is 0 Å². The van der Waals surface area contributed by atoms with Crippen LogP contribution in [0.15, 0.2) is 53.7 Å². The number of piperazine rings is 1. The number of unbranched alkanes of at least 4 members (excludes halogenated alkanes) is 1. The maximum Gasteiger partial charge on any atom is 0.222 e. The molecule has 1 atom stereocenters. The number of carbonyl (C=O) groups is 2. The van der Waals surface area contributed by atoms with Crippen molar-refractivity contribution in [2.75, 3.05) is 25.4 Å². The fourth-order valence-corrected chi connectivity index (χ4v) is 6.08. The van der Waals surface area contributed by atoms with E-state index in [9.17, 15) is 9.59 Å². The van der Waals surface area contributed by atoms with Gasteiger partial charge in [0.1, 0.15) is 5.52 Å². The van der Waals surface area contributed by atoms with E-state index in [1.807, 2.05) is 29.7 Å². The molecule has 0 saturated carbocycles. The number of aryl methyl sites for hydroxylation is 1. The molecule has 1 aliphatic rings. The molecule has 2 amide bonds. The molecule has 0 aliphatic carbocycles. The van der Waals surface area contributed by atoms with Crippen LogP contribution in [0.3, 0.4) is 0 Å². The fourth-order valence-electron chi connectivity index (χ4n) is 5.30. The topological polar surface area (TPSA) is 84.2 Å². The van der Waals surface area contributed by atoms with E-state index >= 15 is 0 Å². The van der Waals surface area contributed by atoms with E-state index < -0.39 is 0 Å². The zero-order valence-corrected chi connectivity index (χ0v) is 23.8. The Bertz CT molecular complexity index is 1470. The van der Waals surface area contributed by atoms with Crippen molar-refractivity contribution >= 4 is 45.6 Å². The number of benzene rings is 2. The van der Waals surface area contributed by atoms with Crippen LogP contribution in [0, 0.1) is 6.92 Å². The van der Waals surface area contributed by atoms with Crippen molar-refractivity contribution in [3.63, 3.8) is 0 Å². The maximum atomic E-state index is 12.7. The molecule has 1 aliphatic heterocycles. The second kappa shape index (κ2) is 12.2. The first kappa shape index (κ1) is 27.1. The van der Waals surface area contributed by atoms with Crippen LogP contribution in [-0.4, -0.2) is 72.8 Å². The molecule has 9 heteroatoms. The number of carbonyl (C=O) groups excluding carboxylic acids is 2. The van der Waals surface area contributed by atoms with Crippen LogP contribution in [-0.2, 0) is 16.1 Å². The van der Waals surface area contributed by atoms with E-state index in [1.165, 1.54) is 11.1 Å². The van der Waals surface area contributed by atoms with Gasteiger partial charge in [-0.05, 0) is 44.4 Å². The average molecular weight is 545 g/mol. The summed E-state index contributed by atoms with van der Waals surface area (Å²) in [6.07, 6.45) is 2.75. The monoisotopic (exact) mass is 544 g/mol. The summed E-state index contributed by atoms with van der Waals surface area (Å²) in [5.41, 5.74) is 5.18. The number of rotatable bonds is 9. The maximum absolute atomic E-state index is 12.7. The van der Waals surface area contributed by atoms with Gasteiger partial charge in [0.25, 0.3) is 0 Å². The zero-order valence-electron chi connectivity index (χ0n) is 23.0. The molecule has 8 nitrogen and oxygen atoms in total. The number of thioether (sulfide) groups is 1. The Kier molecular flexibility index (Phi) is 8.45. The molecule has 204 valence electrons. The molecule has 2 aromatic heterocycles. The highest BCUT2D eigenvalue weighted by molar-refractivity contribution is 7.99. The Labute approximate surface area is 233 Å². The minimum absolute atomic E-state index is 0.0756. The molecule has 3 heterocycles. The zero-order chi connectivity index (χ0) is 27.4. The van der Waals surface area contributed by atoms with Crippen LogP contribution < -0.4 is 0 Å². The number of aromatic nitrogens is 4. The number of nitrogens with zero attached hydrogens (tertiary/aromatic N) is 6. The standard InChI is InChI=1S/C30H36N6O2S/c1-4-26(37)35-16-15-34(19-22(35)3)27(38)12-8-9-17-39-30-31-29-28(32-33-30)24-18-21(2)13-14-25(24)36(29)20-23-10-6-5-7-11-23/h5-7,10-11,13-14,18,22H,4,8-9,12,15-17,19-20H2,1-3H3. The van der Waals surface area contributed by atoms with Gasteiger partial charge in [0.05, 0.1) is 5.52 Å². The lowest BCUT2D eigenvalue weighted by atomic mass is 10.1. The largest absolute Gasteiger partial charge is 0.339 e. The van der Waals surface area contributed by atoms with E-state index in [0.717, 1.165) is 40.7 Å². The molecule has 2 aromatic carbocycles. The Morgan fingerprint density at radius 1 is 1.03 bits per heavy atom. The lowest BCUT2D eigenvalue weighted by Gasteiger charge is -2.40. The number of hydrogen-bond donors (Lipinski definition) is 0. The molecular formula is C30H36N6O2S. The molecule has 1 saturated heterocycles. The summed E-state index contributed by atoms with van der Waals surface area (Å²) < 4.78 is 2.23. The van der Waals surface area contributed by atoms with Crippen LogP contribution >= 0.6 is 11.8 Å². The van der Waals surface area contributed by atoms with Gasteiger partial charge in [-0.1, -0.05) is 60.6 Å². The van der Waals surface area contributed by atoms with Gasteiger partial charge in [-0.2, -0.15) is 0 Å². The highest BCUT2D eigenvalue weighted by Gasteiger charge is 2.28. The van der Waals surface area contributed by atoms with Crippen LogP contribution in [0.5, 0.6) is 0 Å². The Morgan fingerprint density at radius 3 is 2.62 bits per heavy atom. The Balaban J connectivity index is 1.19. The summed E-state index contributed by atoms with van der Waals surface area (Å²) in [7, 11) is 0. The quantitative estimate of drug-likeness (QED) is 0.216. The average Bonchev–Trinajstić information content (AvgIpc) is 3.24. The van der Waals surface area contributed by atoms with Gasteiger partial charge in [0.2, 0.25) is 17.0 Å². The third-order valence-corrected chi connectivity index (χ3v) is 8.33. The van der Waals surface area contributed by atoms with Gasteiger partial charge >= 0.3 is 0 Å². The molecule has 0 spiro atoms. The van der Waals surface area contributed by atoms with Gasteiger partial charge in [0.15, 0.2) is 5.65 Å². The molecule has 0 bridgehead atoms. The first-order valence-electron chi connectivity index (χ1n) is 13.8. The fraction of sp³-hybridized carbons (Fsp3) is 0.433. The highest BCUT2D eigenvalue weighted by Crippen LogP contribution is 2.29. The highest BCUT2D eigenvalue weighted by atomic mass is 32.2. The number of fused-ring (bicyclic) bond motifs is 3. The number of hydrogen-bond acceptors (Lipinski definition) is 6. The lowest BCUT2D eigenvalue weighted by molar-refractivity contribution is -0.142. The molecule has 5 rings (SSSR count). The first-order chi connectivity index (χ1) is 18.9. The van der Waals surface area contributed by atoms with E-state index in [1.54, 1.807) is 11.8 Å². The molecule has 1 fully saturated rings. The van der Waals surface area contributed by atoms with Crippen molar-refractivity contribution in [2.24, 2.45) is 0 Å². The summed E-state index contributed by atoms with van der Waals surface area (Å²) in [6.45, 7) is 8.58. The second-order valence-corrected chi connectivity index (χ2v) is 11.4. The third kappa shape index (κ3) is 6.08. The van der Waals surface area contributed by atoms with Crippen LogP contribution in [0.4, 0.5) is 0 Å². The predicted octanol–water partition coefficient (Wildman–Crippen LogP) is 5.07. The van der Waals surface area contributed by atoms with E-state index in [2.05, 4.69) is 64.2 Å². The minimum atomic E-state index is 0.0756. The van der Waals surface area contributed by atoms with Crippen molar-refractivity contribution in [1.29, 1.82) is 0 Å². The SMILES string of the molecule is CCC(=O)N1CCN(C(=O)CCCCSc2nnc3c4cc(C)ccc4n(Cc4ccccc4)c3n2)CC1C. The van der Waals surface area contributed by atoms with Crippen molar-refractivity contribution in [2.45, 2.75) is 64.2 Å². The first-order valence-corrected chi connectivity index (χ1v) is 14.8. The van der Waals surface area contributed by atoms with Crippen LogP contribution in [0.2, 0.25) is 0 Å². The Morgan fingerprint density at radius 2 is 1.85 bits per heavy atom. The third-order valence-electron chi connectivity index (χ3n) is 7.41. The summed E-state index contributed by atoms with van der Waals surface area (Å²) in [5, 5.41) is 10.8. The van der Waals surface area contributed by atoms with Gasteiger partial charge in [-0.3, -0.25) is 9.59 Å². The molecule has 0 radical (unpaired) electrons. The van der Waals surface area contributed by atoms with Gasteiger partial charge < -0.3 is 14.4 Å². The van der Waals surface area contributed by atoms with Crippen molar-refractivity contribution < 1.29 is 9.59 Å². The molecular weight excluding hydrogens is 508 g/mol. The van der Waals surface area contributed by atoms with E-state index in [4.69, 9.17) is 4.98 Å². The predicted molar refractivity (Wildman–Crippen MR) is 156 cm³/mol. The molecule has 1 unspecified atom stereocenters. The van der Waals surface area contributed by atoms with Gasteiger partial charge in [0, 0.05) is 56.2 Å². The lowest BCUT2D eigenvalue weighted by Crippen LogP contribution is -2.55. The van der Waals surface area contributed by atoms with Gasteiger partial charge in [-0.25, -0.2) is 4.98 Å². The molecule has 39 heavy (non-hydrogen) atoms. The minimum Gasteiger partial charge on any atom is -0.339 e. The second-order valence-electron chi connectivity index (χ2n) is 10.3. The van der Waals surface area contributed by atoms with Crippen LogP contribution in [0.1, 0.15) is 50.7 Å². The summed E-state index contributed by atoms with van der Waals surface area (Å²) in [4.78, 5) is 33.5. The summed E-state index contributed by atoms with van der Waals surface area (Å²) in [5.74, 6) is 1.17. The molecule has 4 aromatic rings. The summed E-state index contributed by atoms with van der Waals surface area (Å²) in [6, 6.07) is 16.9. The summed E-state index contributed by atoms with van der Waals surface area (Å²) >= 11 is 1.59. The van der Waals surface area contributed by atoms with E-state index in [0.29, 0.717) is 44.2 Å². The van der Waals surface area contributed by atoms with Crippen LogP contribution in [0.25, 0.3) is 22.1 Å². The van der Waals surface area contributed by atoms with Crippen molar-refractivity contribution in [1.82, 2.24) is 29.5 Å². The number of amides is 2. The smallest absolute Gasteiger partial charge is 0.222 e. The normalized spacial score (nSPS) is 15.8. The Hall–Kier alpha value is -3.46. The van der Waals surface area contributed by atoms with Gasteiger partial charge in [-0.15, -0.1) is 10.2 Å². The van der Waals surface area contributed by atoms with E-state index in [-0.39, 0.29) is 17.9 Å². The van der Waals surface area contributed by atoms with Crippen molar-refractivity contribution in [3.05, 3.63) is 59.7 Å². The molecule has 0 N–H and O–H groups in total.